The normalized spacial score (nSPS) is 12.1. The maximum Gasteiger partial charge on any atom is 0.261 e. The Morgan fingerprint density at radius 2 is 1.93 bits per heavy atom. The molecule has 1 atom stereocenters. The van der Waals surface area contributed by atoms with E-state index < -0.39 is 0 Å². The fourth-order valence-corrected chi connectivity index (χ4v) is 4.25. The number of carbonyl (C=O) groups is 1. The third kappa shape index (κ3) is 3.77. The van der Waals surface area contributed by atoms with Gasteiger partial charge in [0.2, 0.25) is 0 Å². The summed E-state index contributed by atoms with van der Waals surface area (Å²) in [7, 11) is 1.82. The number of likely N-dealkylation sites (N-methyl/N-ethyl adjacent to an activating group) is 1. The number of carbonyl (C=O) groups excluding carboxylic acids is 1. The molecule has 6 heteroatoms. The molecule has 1 amide bonds. The Balaban J connectivity index is 1.59. The molecule has 2 aromatic carbocycles. The van der Waals surface area contributed by atoms with Crippen LogP contribution in [0.4, 0.5) is 0 Å². The molecule has 4 rings (SSSR count). The van der Waals surface area contributed by atoms with Gasteiger partial charge in [-0.15, -0.1) is 11.3 Å². The van der Waals surface area contributed by atoms with Crippen molar-refractivity contribution in [3.63, 3.8) is 0 Å². The third-order valence-corrected chi connectivity index (χ3v) is 5.86. The number of benzene rings is 2. The lowest BCUT2D eigenvalue weighted by molar-refractivity contribution is -0.133. The van der Waals surface area contributed by atoms with Crippen LogP contribution in [0.15, 0.2) is 72.2 Å². The molecule has 1 N–H and O–H groups in total. The minimum Gasteiger partial charge on any atom is -0.484 e. The van der Waals surface area contributed by atoms with Gasteiger partial charge in [-0.1, -0.05) is 35.9 Å². The fourth-order valence-electron chi connectivity index (χ4n) is 3.24. The summed E-state index contributed by atoms with van der Waals surface area (Å²) >= 11 is 7.53. The molecule has 4 aromatic rings. The molecule has 2 heterocycles. The number of ether oxygens (including phenoxy) is 1. The first-order chi connectivity index (χ1) is 13.6. The summed E-state index contributed by atoms with van der Waals surface area (Å²) in [6.07, 6.45) is 1.99. The second kappa shape index (κ2) is 8.09. The molecular weight excluding hydrogens is 392 g/mol. The Bertz CT molecular complexity index is 1070. The molecule has 1 unspecified atom stereocenters. The van der Waals surface area contributed by atoms with Gasteiger partial charge in [-0.3, -0.25) is 4.79 Å². The molecule has 0 aliphatic rings. The van der Waals surface area contributed by atoms with Crippen molar-refractivity contribution in [3.8, 4) is 5.75 Å². The van der Waals surface area contributed by atoms with Crippen molar-refractivity contribution in [1.82, 2.24) is 9.88 Å². The van der Waals surface area contributed by atoms with Crippen LogP contribution in [0.5, 0.6) is 5.75 Å². The highest BCUT2D eigenvalue weighted by Gasteiger charge is 2.27. The molecule has 0 spiro atoms. The van der Waals surface area contributed by atoms with Gasteiger partial charge in [0.15, 0.2) is 6.61 Å². The summed E-state index contributed by atoms with van der Waals surface area (Å²) in [5, 5.41) is 3.77. The smallest absolute Gasteiger partial charge is 0.261 e. The number of nitrogens with zero attached hydrogens (tertiary/aromatic N) is 1. The van der Waals surface area contributed by atoms with E-state index in [9.17, 15) is 4.79 Å². The minimum atomic E-state index is -0.183. The van der Waals surface area contributed by atoms with Gasteiger partial charge >= 0.3 is 0 Å². The van der Waals surface area contributed by atoms with E-state index in [4.69, 9.17) is 16.3 Å². The van der Waals surface area contributed by atoms with Crippen LogP contribution >= 0.6 is 22.9 Å². The molecule has 0 radical (unpaired) electrons. The molecule has 142 valence electrons. The zero-order valence-corrected chi connectivity index (χ0v) is 16.8. The van der Waals surface area contributed by atoms with Crippen LogP contribution in [0.25, 0.3) is 10.9 Å². The van der Waals surface area contributed by atoms with Crippen LogP contribution in [0.2, 0.25) is 5.02 Å². The number of aromatic amines is 1. The van der Waals surface area contributed by atoms with E-state index in [0.29, 0.717) is 10.8 Å². The quantitative estimate of drug-likeness (QED) is 0.455. The highest BCUT2D eigenvalue weighted by molar-refractivity contribution is 7.10. The highest BCUT2D eigenvalue weighted by atomic mass is 35.5. The Kier molecular flexibility index (Phi) is 5.37. The third-order valence-electron chi connectivity index (χ3n) is 4.69. The molecule has 0 fully saturated rings. The number of aromatic nitrogens is 1. The van der Waals surface area contributed by atoms with Gasteiger partial charge in [0.1, 0.15) is 5.75 Å². The summed E-state index contributed by atoms with van der Waals surface area (Å²) in [5.41, 5.74) is 2.12. The predicted octanol–water partition coefficient (Wildman–Crippen LogP) is 5.51. The van der Waals surface area contributed by atoms with E-state index in [1.807, 2.05) is 42.9 Å². The van der Waals surface area contributed by atoms with Crippen molar-refractivity contribution in [2.45, 2.75) is 6.04 Å². The summed E-state index contributed by atoms with van der Waals surface area (Å²) in [6.45, 7) is -0.0393. The molecule has 0 saturated heterocycles. The van der Waals surface area contributed by atoms with Gasteiger partial charge in [-0.05, 0) is 41.8 Å². The number of hydrogen-bond acceptors (Lipinski definition) is 3. The van der Waals surface area contributed by atoms with Crippen molar-refractivity contribution < 1.29 is 9.53 Å². The summed E-state index contributed by atoms with van der Waals surface area (Å²) < 4.78 is 5.66. The zero-order chi connectivity index (χ0) is 19.5. The average molecular weight is 411 g/mol. The van der Waals surface area contributed by atoms with E-state index in [-0.39, 0.29) is 18.6 Å². The largest absolute Gasteiger partial charge is 0.484 e. The van der Waals surface area contributed by atoms with E-state index in [0.717, 1.165) is 21.3 Å². The molecule has 0 bridgehead atoms. The topological polar surface area (TPSA) is 45.3 Å². The first-order valence-corrected chi connectivity index (χ1v) is 10.1. The summed E-state index contributed by atoms with van der Waals surface area (Å²) in [4.78, 5) is 19.1. The van der Waals surface area contributed by atoms with Crippen LogP contribution in [0, 0.1) is 0 Å². The van der Waals surface area contributed by atoms with Gasteiger partial charge < -0.3 is 14.6 Å². The van der Waals surface area contributed by atoms with Crippen molar-refractivity contribution in [2.75, 3.05) is 13.7 Å². The fraction of sp³-hybridized carbons (Fsp3) is 0.136. The van der Waals surface area contributed by atoms with E-state index in [1.165, 1.54) is 0 Å². The van der Waals surface area contributed by atoms with Crippen molar-refractivity contribution >= 4 is 39.7 Å². The SMILES string of the molecule is CN(C(=O)COc1ccc(Cl)cc1)C(c1cccs1)c1c[nH]c2ccccc12. The maximum absolute atomic E-state index is 12.9. The number of nitrogens with one attached hydrogen (secondary N) is 1. The molecule has 28 heavy (non-hydrogen) atoms. The van der Waals surface area contributed by atoms with Crippen molar-refractivity contribution in [3.05, 3.63) is 87.7 Å². The molecule has 0 saturated carbocycles. The second-order valence-corrected chi connectivity index (χ2v) is 7.87. The highest BCUT2D eigenvalue weighted by Crippen LogP contribution is 2.35. The molecule has 0 aliphatic carbocycles. The van der Waals surface area contributed by atoms with E-state index >= 15 is 0 Å². The Hall–Kier alpha value is -2.76. The predicted molar refractivity (Wildman–Crippen MR) is 114 cm³/mol. The first-order valence-electron chi connectivity index (χ1n) is 8.87. The van der Waals surface area contributed by atoms with Gasteiger partial charge in [-0.2, -0.15) is 0 Å². The number of para-hydroxylation sites is 1. The number of H-pyrrole nitrogens is 1. The summed E-state index contributed by atoms with van der Waals surface area (Å²) in [6, 6.07) is 19.0. The molecular formula is C22H19ClN2O2S. The lowest BCUT2D eigenvalue weighted by Crippen LogP contribution is -2.35. The van der Waals surface area contributed by atoms with Gasteiger partial charge in [0.25, 0.3) is 5.91 Å². The van der Waals surface area contributed by atoms with Gasteiger partial charge in [0.05, 0.1) is 6.04 Å². The Labute approximate surface area is 172 Å². The monoisotopic (exact) mass is 410 g/mol. The van der Waals surface area contributed by atoms with Crippen LogP contribution in [-0.2, 0) is 4.79 Å². The van der Waals surface area contributed by atoms with Crippen LogP contribution in [-0.4, -0.2) is 29.4 Å². The van der Waals surface area contributed by atoms with Crippen LogP contribution in [0.3, 0.4) is 0 Å². The number of fused-ring (bicyclic) bond motifs is 1. The number of halogens is 1. The number of hydrogen-bond donors (Lipinski definition) is 1. The number of amides is 1. The number of rotatable bonds is 6. The van der Waals surface area contributed by atoms with Gasteiger partial charge in [-0.25, -0.2) is 0 Å². The second-order valence-electron chi connectivity index (χ2n) is 6.45. The minimum absolute atomic E-state index is 0.0393. The molecule has 4 nitrogen and oxygen atoms in total. The van der Waals surface area contributed by atoms with E-state index in [2.05, 4.69) is 17.1 Å². The lowest BCUT2D eigenvalue weighted by Gasteiger charge is -2.27. The maximum atomic E-state index is 12.9. The van der Waals surface area contributed by atoms with Crippen LogP contribution < -0.4 is 4.74 Å². The first kappa shape index (κ1) is 18.6. The average Bonchev–Trinajstić information content (AvgIpc) is 3.38. The molecule has 2 aromatic heterocycles. The Morgan fingerprint density at radius 1 is 1.14 bits per heavy atom. The zero-order valence-electron chi connectivity index (χ0n) is 15.3. The van der Waals surface area contributed by atoms with Crippen LogP contribution in [0.1, 0.15) is 16.5 Å². The summed E-state index contributed by atoms with van der Waals surface area (Å²) in [5.74, 6) is 0.518. The standard InChI is InChI=1S/C22H19ClN2O2S/c1-25(21(26)14-27-16-10-8-15(23)9-11-16)22(20-7-4-12-28-20)18-13-24-19-6-3-2-5-17(18)19/h2-13,22,24H,14H2,1H3. The van der Waals surface area contributed by atoms with E-state index in [1.54, 1.807) is 40.5 Å². The number of thiophene rings is 1. The Morgan fingerprint density at radius 3 is 2.68 bits per heavy atom. The van der Waals surface area contributed by atoms with Crippen molar-refractivity contribution in [2.24, 2.45) is 0 Å². The van der Waals surface area contributed by atoms with Crippen molar-refractivity contribution in [1.29, 1.82) is 0 Å². The lowest BCUT2D eigenvalue weighted by atomic mass is 10.0. The molecule has 0 aliphatic heterocycles. The van der Waals surface area contributed by atoms with Gasteiger partial charge in [0, 0.05) is 39.6 Å².